The van der Waals surface area contributed by atoms with E-state index in [9.17, 15) is 9.90 Å². The fourth-order valence-corrected chi connectivity index (χ4v) is 3.65. The van der Waals surface area contributed by atoms with Crippen LogP contribution in [0.3, 0.4) is 0 Å². The first-order valence-electron chi connectivity index (χ1n) is 9.70. The summed E-state index contributed by atoms with van der Waals surface area (Å²) in [6.07, 6.45) is -3.59. The number of benzene rings is 2. The number of hydrogen-bond donors (Lipinski definition) is 2. The lowest BCUT2D eigenvalue weighted by molar-refractivity contribution is -0.345. The summed E-state index contributed by atoms with van der Waals surface area (Å²) in [5.41, 5.74) is 1.83. The molecule has 0 radical (unpaired) electrons. The molecule has 2 aromatic carbocycles. The Hall–Kier alpha value is -2.29. The molecule has 0 bridgehead atoms. The lowest BCUT2D eigenvalue weighted by atomic mass is 9.95. The second kappa shape index (κ2) is 9.02. The number of carbonyl (C=O) groups excluding carboxylic acids is 1. The van der Waals surface area contributed by atoms with Crippen LogP contribution in [0.1, 0.15) is 24.3 Å². The van der Waals surface area contributed by atoms with Crippen LogP contribution in [0.2, 0.25) is 0 Å². The van der Waals surface area contributed by atoms with E-state index >= 15 is 0 Å². The highest BCUT2D eigenvalue weighted by atomic mass is 16.7. The SMILES string of the molecule is CC(=O)N[C@@H]1[C@H](OCc2ccccc2)O[C@H]2CO[C@H](c3ccccc3)O[C@@H]2[C@@H]1O. The maximum Gasteiger partial charge on any atom is 0.217 e. The molecule has 2 aliphatic heterocycles. The van der Waals surface area contributed by atoms with Crippen molar-refractivity contribution in [2.75, 3.05) is 6.61 Å². The lowest BCUT2D eigenvalue weighted by Crippen LogP contribution is -2.66. The van der Waals surface area contributed by atoms with E-state index in [1.54, 1.807) is 0 Å². The van der Waals surface area contributed by atoms with Crippen molar-refractivity contribution in [1.82, 2.24) is 5.32 Å². The van der Waals surface area contributed by atoms with Gasteiger partial charge >= 0.3 is 0 Å². The summed E-state index contributed by atoms with van der Waals surface area (Å²) in [4.78, 5) is 11.7. The van der Waals surface area contributed by atoms with E-state index < -0.39 is 36.9 Å². The minimum absolute atomic E-state index is 0.249. The summed E-state index contributed by atoms with van der Waals surface area (Å²) in [7, 11) is 0. The number of ether oxygens (including phenoxy) is 4. The normalized spacial score (nSPS) is 31.7. The minimum Gasteiger partial charge on any atom is -0.388 e. The molecule has 29 heavy (non-hydrogen) atoms. The van der Waals surface area contributed by atoms with E-state index in [2.05, 4.69) is 5.32 Å². The quantitative estimate of drug-likeness (QED) is 0.799. The van der Waals surface area contributed by atoms with Crippen LogP contribution in [-0.4, -0.2) is 48.3 Å². The van der Waals surface area contributed by atoms with Gasteiger partial charge in [0.2, 0.25) is 5.91 Å². The molecule has 6 atom stereocenters. The molecule has 0 aliphatic carbocycles. The van der Waals surface area contributed by atoms with Crippen LogP contribution < -0.4 is 5.32 Å². The van der Waals surface area contributed by atoms with Gasteiger partial charge in [-0.3, -0.25) is 4.79 Å². The van der Waals surface area contributed by atoms with Gasteiger partial charge in [0.1, 0.15) is 24.4 Å². The maximum atomic E-state index is 11.7. The lowest BCUT2D eigenvalue weighted by Gasteiger charge is -2.47. The highest BCUT2D eigenvalue weighted by molar-refractivity contribution is 5.73. The molecule has 1 amide bonds. The zero-order valence-corrected chi connectivity index (χ0v) is 16.1. The summed E-state index contributed by atoms with van der Waals surface area (Å²) in [5, 5.41) is 13.7. The molecular formula is C22H25NO6. The van der Waals surface area contributed by atoms with Crippen LogP contribution in [0.5, 0.6) is 0 Å². The second-order valence-electron chi connectivity index (χ2n) is 7.23. The van der Waals surface area contributed by atoms with Crippen molar-refractivity contribution in [2.45, 2.75) is 50.5 Å². The Morgan fingerprint density at radius 3 is 2.48 bits per heavy atom. The van der Waals surface area contributed by atoms with E-state index in [-0.39, 0.29) is 12.5 Å². The van der Waals surface area contributed by atoms with Crippen molar-refractivity contribution >= 4 is 5.91 Å². The Balaban J connectivity index is 1.48. The molecule has 2 heterocycles. The monoisotopic (exact) mass is 399 g/mol. The first kappa shape index (κ1) is 20.0. The van der Waals surface area contributed by atoms with E-state index in [0.717, 1.165) is 11.1 Å². The van der Waals surface area contributed by atoms with Crippen LogP contribution >= 0.6 is 0 Å². The largest absolute Gasteiger partial charge is 0.388 e. The maximum absolute atomic E-state index is 11.7. The highest BCUT2D eigenvalue weighted by Gasteiger charge is 2.50. The van der Waals surface area contributed by atoms with Crippen molar-refractivity contribution in [3.8, 4) is 0 Å². The number of nitrogens with one attached hydrogen (secondary N) is 1. The Kier molecular flexibility index (Phi) is 6.22. The third kappa shape index (κ3) is 4.66. The van der Waals surface area contributed by atoms with Gasteiger partial charge in [0, 0.05) is 12.5 Å². The molecule has 7 nitrogen and oxygen atoms in total. The van der Waals surface area contributed by atoms with Crippen LogP contribution in [0, 0.1) is 0 Å². The van der Waals surface area contributed by atoms with Gasteiger partial charge in [0.25, 0.3) is 0 Å². The zero-order valence-electron chi connectivity index (χ0n) is 16.1. The van der Waals surface area contributed by atoms with Crippen molar-refractivity contribution < 1.29 is 28.8 Å². The van der Waals surface area contributed by atoms with E-state index in [1.807, 2.05) is 60.7 Å². The Labute approximate surface area is 169 Å². The fraction of sp³-hybridized carbons (Fsp3) is 0.409. The number of aliphatic hydroxyl groups excluding tert-OH is 1. The number of rotatable bonds is 5. The molecule has 7 heteroatoms. The minimum atomic E-state index is -1.01. The number of hydrogen-bond acceptors (Lipinski definition) is 6. The fourth-order valence-electron chi connectivity index (χ4n) is 3.65. The third-order valence-corrected chi connectivity index (χ3v) is 5.06. The summed E-state index contributed by atoms with van der Waals surface area (Å²) in [6, 6.07) is 18.4. The average Bonchev–Trinajstić information content (AvgIpc) is 2.75. The molecule has 4 rings (SSSR count). The van der Waals surface area contributed by atoms with E-state index in [1.165, 1.54) is 6.92 Å². The molecule has 2 fully saturated rings. The van der Waals surface area contributed by atoms with Crippen LogP contribution in [-0.2, 0) is 30.3 Å². The second-order valence-corrected chi connectivity index (χ2v) is 7.23. The molecule has 2 saturated heterocycles. The van der Waals surface area contributed by atoms with Gasteiger partial charge in [-0.15, -0.1) is 0 Å². The predicted octanol–water partition coefficient (Wildman–Crippen LogP) is 1.91. The van der Waals surface area contributed by atoms with Gasteiger partial charge in [0.05, 0.1) is 13.2 Å². The van der Waals surface area contributed by atoms with Gasteiger partial charge in [-0.05, 0) is 5.56 Å². The first-order chi connectivity index (χ1) is 14.1. The molecule has 0 unspecified atom stereocenters. The Morgan fingerprint density at radius 2 is 1.79 bits per heavy atom. The molecule has 2 N–H and O–H groups in total. The molecule has 154 valence electrons. The molecule has 2 aromatic rings. The zero-order chi connectivity index (χ0) is 20.2. The van der Waals surface area contributed by atoms with E-state index in [4.69, 9.17) is 18.9 Å². The molecule has 2 aliphatic rings. The number of carbonyl (C=O) groups is 1. The molecular weight excluding hydrogens is 374 g/mol. The van der Waals surface area contributed by atoms with Gasteiger partial charge in [-0.2, -0.15) is 0 Å². The van der Waals surface area contributed by atoms with Crippen LogP contribution in [0.4, 0.5) is 0 Å². The number of amides is 1. The topological polar surface area (TPSA) is 86.3 Å². The Morgan fingerprint density at radius 1 is 1.10 bits per heavy atom. The first-order valence-corrected chi connectivity index (χ1v) is 9.70. The summed E-state index contributed by atoms with van der Waals surface area (Å²) in [6.45, 7) is 1.93. The number of fused-ring (bicyclic) bond motifs is 1. The van der Waals surface area contributed by atoms with Gasteiger partial charge in [-0.1, -0.05) is 60.7 Å². The van der Waals surface area contributed by atoms with Gasteiger partial charge in [0.15, 0.2) is 12.6 Å². The van der Waals surface area contributed by atoms with Gasteiger partial charge < -0.3 is 29.4 Å². The average molecular weight is 399 g/mol. The third-order valence-electron chi connectivity index (χ3n) is 5.06. The van der Waals surface area contributed by atoms with Crippen molar-refractivity contribution in [2.24, 2.45) is 0 Å². The summed E-state index contributed by atoms with van der Waals surface area (Å²) in [5.74, 6) is -0.281. The Bertz CT molecular complexity index is 801. The van der Waals surface area contributed by atoms with Crippen LogP contribution in [0.25, 0.3) is 0 Å². The van der Waals surface area contributed by atoms with E-state index in [0.29, 0.717) is 6.61 Å². The highest BCUT2D eigenvalue weighted by Crippen LogP contribution is 2.34. The summed E-state index contributed by atoms with van der Waals surface area (Å²) >= 11 is 0. The van der Waals surface area contributed by atoms with Crippen molar-refractivity contribution in [3.63, 3.8) is 0 Å². The molecule has 0 spiro atoms. The van der Waals surface area contributed by atoms with Gasteiger partial charge in [-0.25, -0.2) is 0 Å². The van der Waals surface area contributed by atoms with Crippen molar-refractivity contribution in [3.05, 3.63) is 71.8 Å². The standard InChI is InChI=1S/C22H25NO6/c1-14(24)23-18-19(25)20-17(13-27-21(29-20)16-10-6-3-7-11-16)28-22(18)26-12-15-8-4-2-5-9-15/h2-11,17-22,25H,12-13H2,1H3,(H,23,24)/t17-,18-,19+,20-,21-,22+/m0/s1. The molecule has 0 saturated carbocycles. The molecule has 0 aromatic heterocycles. The number of aliphatic hydroxyl groups is 1. The van der Waals surface area contributed by atoms with Crippen LogP contribution in [0.15, 0.2) is 60.7 Å². The summed E-state index contributed by atoms with van der Waals surface area (Å²) < 4.78 is 23.8. The smallest absolute Gasteiger partial charge is 0.217 e. The predicted molar refractivity (Wildman–Crippen MR) is 104 cm³/mol. The van der Waals surface area contributed by atoms with Crippen molar-refractivity contribution in [1.29, 1.82) is 0 Å².